The van der Waals surface area contributed by atoms with E-state index in [1.807, 2.05) is 31.2 Å². The summed E-state index contributed by atoms with van der Waals surface area (Å²) in [6, 6.07) is 10.5. The van der Waals surface area contributed by atoms with E-state index < -0.39 is 4.92 Å². The molecule has 2 aromatic heterocycles. The van der Waals surface area contributed by atoms with Gasteiger partial charge in [-0.15, -0.1) is 0 Å². The maximum absolute atomic E-state index is 11.1. The highest BCUT2D eigenvalue weighted by atomic mass is 79.9. The lowest BCUT2D eigenvalue weighted by atomic mass is 10.2. The first kappa shape index (κ1) is 16.1. The SMILES string of the molecule is CC(Nc1ncccc1[N+](=O)[O-])c1ncc(-c2ccc(Br)cc2)[nH]1. The smallest absolute Gasteiger partial charge is 0.311 e. The Hall–Kier alpha value is -2.74. The maximum atomic E-state index is 11.1. The summed E-state index contributed by atoms with van der Waals surface area (Å²) in [4.78, 5) is 22.2. The van der Waals surface area contributed by atoms with E-state index in [9.17, 15) is 10.1 Å². The summed E-state index contributed by atoms with van der Waals surface area (Å²) >= 11 is 3.40. The minimum absolute atomic E-state index is 0.0657. The number of benzene rings is 1. The fourth-order valence-corrected chi connectivity index (χ4v) is 2.53. The number of hydrogen-bond donors (Lipinski definition) is 2. The zero-order valence-corrected chi connectivity index (χ0v) is 14.3. The number of halogens is 1. The van der Waals surface area contributed by atoms with Crippen molar-refractivity contribution in [2.75, 3.05) is 5.32 Å². The predicted molar refractivity (Wildman–Crippen MR) is 94.7 cm³/mol. The first-order valence-corrected chi connectivity index (χ1v) is 8.00. The van der Waals surface area contributed by atoms with Gasteiger partial charge in [0, 0.05) is 16.7 Å². The number of anilines is 1. The maximum Gasteiger partial charge on any atom is 0.311 e. The van der Waals surface area contributed by atoms with Gasteiger partial charge in [0.1, 0.15) is 5.82 Å². The van der Waals surface area contributed by atoms with Crippen LogP contribution in [-0.4, -0.2) is 19.9 Å². The summed E-state index contributed by atoms with van der Waals surface area (Å²) in [6.07, 6.45) is 3.25. The van der Waals surface area contributed by atoms with Crippen LogP contribution in [0.5, 0.6) is 0 Å². The highest BCUT2D eigenvalue weighted by molar-refractivity contribution is 9.10. The average molecular weight is 388 g/mol. The van der Waals surface area contributed by atoms with E-state index in [0.29, 0.717) is 5.82 Å². The standard InChI is InChI=1S/C16H14BrN5O2/c1-10(20-16-14(22(23)24)3-2-8-18-16)15-19-9-13(21-15)11-4-6-12(17)7-5-11/h2-10H,1H3,(H,18,20)(H,19,21). The van der Waals surface area contributed by atoms with Crippen LogP contribution in [0, 0.1) is 10.1 Å². The van der Waals surface area contributed by atoms with Crippen LogP contribution in [0.25, 0.3) is 11.3 Å². The molecule has 2 N–H and O–H groups in total. The van der Waals surface area contributed by atoms with Crippen LogP contribution in [0.1, 0.15) is 18.8 Å². The highest BCUT2D eigenvalue weighted by Gasteiger charge is 2.18. The average Bonchev–Trinajstić information content (AvgIpc) is 3.06. The van der Waals surface area contributed by atoms with Crippen LogP contribution >= 0.6 is 15.9 Å². The zero-order chi connectivity index (χ0) is 17.1. The molecule has 122 valence electrons. The summed E-state index contributed by atoms with van der Waals surface area (Å²) in [5.74, 6) is 0.893. The number of nitrogens with one attached hydrogen (secondary N) is 2. The van der Waals surface area contributed by atoms with E-state index in [0.717, 1.165) is 15.7 Å². The number of aromatic amines is 1. The molecule has 0 fully saturated rings. The number of H-pyrrole nitrogens is 1. The normalized spacial score (nSPS) is 11.9. The monoisotopic (exact) mass is 387 g/mol. The lowest BCUT2D eigenvalue weighted by Gasteiger charge is -2.12. The molecule has 0 radical (unpaired) electrons. The fourth-order valence-electron chi connectivity index (χ4n) is 2.26. The van der Waals surface area contributed by atoms with Crippen molar-refractivity contribution >= 4 is 27.4 Å². The minimum Gasteiger partial charge on any atom is -0.355 e. The number of hydrogen-bond acceptors (Lipinski definition) is 5. The van der Waals surface area contributed by atoms with Gasteiger partial charge in [0.2, 0.25) is 5.82 Å². The van der Waals surface area contributed by atoms with Crippen molar-refractivity contribution in [2.24, 2.45) is 0 Å². The van der Waals surface area contributed by atoms with E-state index in [1.54, 1.807) is 6.20 Å². The minimum atomic E-state index is -0.461. The van der Waals surface area contributed by atoms with Gasteiger partial charge in [-0.3, -0.25) is 10.1 Å². The molecule has 0 amide bonds. The Morgan fingerprint density at radius 3 is 2.71 bits per heavy atom. The third kappa shape index (κ3) is 3.43. The molecule has 0 spiro atoms. The molecular weight excluding hydrogens is 374 g/mol. The molecule has 1 unspecified atom stereocenters. The van der Waals surface area contributed by atoms with Crippen molar-refractivity contribution in [3.05, 3.63) is 69.2 Å². The first-order chi connectivity index (χ1) is 11.5. The van der Waals surface area contributed by atoms with Crippen molar-refractivity contribution in [2.45, 2.75) is 13.0 Å². The second-order valence-electron chi connectivity index (χ2n) is 5.18. The van der Waals surface area contributed by atoms with Gasteiger partial charge in [-0.25, -0.2) is 9.97 Å². The van der Waals surface area contributed by atoms with Crippen LogP contribution in [0.2, 0.25) is 0 Å². The summed E-state index contributed by atoms with van der Waals surface area (Å²) in [7, 11) is 0. The van der Waals surface area contributed by atoms with Gasteiger partial charge in [0.05, 0.1) is 22.9 Å². The van der Waals surface area contributed by atoms with Gasteiger partial charge in [-0.05, 0) is 30.7 Å². The molecule has 0 bridgehead atoms. The van der Waals surface area contributed by atoms with Crippen molar-refractivity contribution in [1.82, 2.24) is 15.0 Å². The Morgan fingerprint density at radius 2 is 2.00 bits per heavy atom. The topological polar surface area (TPSA) is 96.7 Å². The van der Waals surface area contributed by atoms with Gasteiger partial charge in [-0.2, -0.15) is 0 Å². The molecule has 3 aromatic rings. The van der Waals surface area contributed by atoms with Crippen LogP contribution in [0.15, 0.2) is 53.3 Å². The fraction of sp³-hybridized carbons (Fsp3) is 0.125. The molecule has 24 heavy (non-hydrogen) atoms. The molecule has 0 aliphatic rings. The molecule has 3 rings (SSSR count). The molecule has 8 heteroatoms. The van der Waals surface area contributed by atoms with E-state index in [-0.39, 0.29) is 17.5 Å². The summed E-state index contributed by atoms with van der Waals surface area (Å²) in [6.45, 7) is 1.86. The van der Waals surface area contributed by atoms with Crippen molar-refractivity contribution in [3.63, 3.8) is 0 Å². The molecule has 0 saturated carbocycles. The van der Waals surface area contributed by atoms with Crippen LogP contribution in [0.4, 0.5) is 11.5 Å². The number of pyridine rings is 1. The van der Waals surface area contributed by atoms with Crippen LogP contribution in [0.3, 0.4) is 0 Å². The number of aromatic nitrogens is 3. The van der Waals surface area contributed by atoms with Crippen molar-refractivity contribution in [3.8, 4) is 11.3 Å². The van der Waals surface area contributed by atoms with Gasteiger partial charge < -0.3 is 10.3 Å². The highest BCUT2D eigenvalue weighted by Crippen LogP contribution is 2.26. The van der Waals surface area contributed by atoms with Gasteiger partial charge in [0.15, 0.2) is 0 Å². The number of nitro groups is 1. The molecular formula is C16H14BrN5O2. The third-order valence-electron chi connectivity index (χ3n) is 3.50. The van der Waals surface area contributed by atoms with Gasteiger partial charge >= 0.3 is 5.69 Å². The Kier molecular flexibility index (Phi) is 4.57. The second kappa shape index (κ2) is 6.79. The molecule has 0 aliphatic carbocycles. The Labute approximate surface area is 146 Å². The van der Waals surface area contributed by atoms with Crippen molar-refractivity contribution in [1.29, 1.82) is 0 Å². The van der Waals surface area contributed by atoms with E-state index in [4.69, 9.17) is 0 Å². The lowest BCUT2D eigenvalue weighted by molar-refractivity contribution is -0.384. The molecule has 2 heterocycles. The summed E-state index contributed by atoms with van der Waals surface area (Å²) in [5, 5.41) is 14.1. The number of nitrogens with zero attached hydrogens (tertiary/aromatic N) is 3. The van der Waals surface area contributed by atoms with Gasteiger partial charge in [-0.1, -0.05) is 28.1 Å². The first-order valence-electron chi connectivity index (χ1n) is 7.21. The lowest BCUT2D eigenvalue weighted by Crippen LogP contribution is -2.11. The summed E-state index contributed by atoms with van der Waals surface area (Å²) in [5.41, 5.74) is 1.82. The zero-order valence-electron chi connectivity index (χ0n) is 12.7. The van der Waals surface area contributed by atoms with Crippen molar-refractivity contribution < 1.29 is 4.92 Å². The number of imidazole rings is 1. The largest absolute Gasteiger partial charge is 0.355 e. The third-order valence-corrected chi connectivity index (χ3v) is 4.03. The summed E-state index contributed by atoms with van der Waals surface area (Å²) < 4.78 is 1.00. The van der Waals surface area contributed by atoms with Crippen LogP contribution < -0.4 is 5.32 Å². The molecule has 1 atom stereocenters. The molecule has 0 saturated heterocycles. The second-order valence-corrected chi connectivity index (χ2v) is 6.10. The van der Waals surface area contributed by atoms with Crippen LogP contribution in [-0.2, 0) is 0 Å². The number of rotatable bonds is 5. The molecule has 1 aromatic carbocycles. The Bertz CT molecular complexity index is 863. The Balaban J connectivity index is 1.80. The van der Waals surface area contributed by atoms with E-state index >= 15 is 0 Å². The van der Waals surface area contributed by atoms with E-state index in [2.05, 4.69) is 36.2 Å². The predicted octanol–water partition coefficient (Wildman–Crippen LogP) is 4.32. The Morgan fingerprint density at radius 1 is 1.25 bits per heavy atom. The molecule has 7 nitrogen and oxygen atoms in total. The molecule has 0 aliphatic heterocycles. The van der Waals surface area contributed by atoms with E-state index in [1.165, 1.54) is 18.3 Å². The van der Waals surface area contributed by atoms with Gasteiger partial charge in [0.25, 0.3) is 0 Å². The quantitative estimate of drug-likeness (QED) is 0.501.